The average molecular weight is 279 g/mol. The molecule has 2 N–H and O–H groups in total. The molecule has 1 amide bonds. The van der Waals surface area contributed by atoms with Crippen LogP contribution < -0.4 is 5.43 Å². The summed E-state index contributed by atoms with van der Waals surface area (Å²) in [5.41, 5.74) is 2.38. The third kappa shape index (κ3) is 3.35. The zero-order valence-electron chi connectivity index (χ0n) is 10.1. The fourth-order valence-corrected chi connectivity index (χ4v) is 1.60. The molecule has 0 aliphatic rings. The molecule has 0 radical (unpaired) electrons. The molecule has 19 heavy (non-hydrogen) atoms. The number of carbonyl (C=O) groups excluding carboxylic acids is 1. The normalized spacial score (nSPS) is 10.8. The van der Waals surface area contributed by atoms with Gasteiger partial charge in [-0.1, -0.05) is 11.6 Å². The fraction of sp³-hybridized carbons (Fsp3) is 0.0769. The van der Waals surface area contributed by atoms with E-state index in [4.69, 9.17) is 16.0 Å². The molecule has 2 aromatic rings. The van der Waals surface area contributed by atoms with E-state index in [1.165, 1.54) is 24.4 Å². The Morgan fingerprint density at radius 1 is 1.42 bits per heavy atom. The summed E-state index contributed by atoms with van der Waals surface area (Å²) in [7, 11) is 0. The summed E-state index contributed by atoms with van der Waals surface area (Å²) in [6.45, 7) is 1.81. The molecule has 5 nitrogen and oxygen atoms in total. The van der Waals surface area contributed by atoms with Crippen LogP contribution in [0, 0.1) is 6.92 Å². The largest absolute Gasteiger partial charge is 0.507 e. The minimum absolute atomic E-state index is 0.0946. The van der Waals surface area contributed by atoms with E-state index in [0.717, 1.165) is 5.76 Å². The maximum absolute atomic E-state index is 11.7. The molecule has 6 heteroatoms. The van der Waals surface area contributed by atoms with Gasteiger partial charge in [0.1, 0.15) is 17.3 Å². The van der Waals surface area contributed by atoms with Gasteiger partial charge in [0.15, 0.2) is 0 Å². The van der Waals surface area contributed by atoms with Crippen LogP contribution in [0.15, 0.2) is 39.9 Å². The maximum Gasteiger partial charge on any atom is 0.275 e. The quantitative estimate of drug-likeness (QED) is 0.669. The Kier molecular flexibility index (Phi) is 3.87. The summed E-state index contributed by atoms with van der Waals surface area (Å²) >= 11 is 5.67. The number of halogens is 1. The summed E-state index contributed by atoms with van der Waals surface area (Å²) in [6.07, 6.45) is 1.37. The van der Waals surface area contributed by atoms with Crippen molar-refractivity contribution >= 4 is 23.7 Å². The number of carbonyl (C=O) groups is 1. The minimum atomic E-state index is -0.534. The van der Waals surface area contributed by atoms with E-state index in [1.807, 2.05) is 6.92 Å². The first-order valence-corrected chi connectivity index (χ1v) is 5.82. The highest BCUT2D eigenvalue weighted by molar-refractivity contribution is 6.30. The van der Waals surface area contributed by atoms with Crippen molar-refractivity contribution in [3.8, 4) is 5.75 Å². The van der Waals surface area contributed by atoms with Crippen LogP contribution in [0.1, 0.15) is 21.9 Å². The van der Waals surface area contributed by atoms with E-state index in [2.05, 4.69) is 10.5 Å². The second kappa shape index (κ2) is 5.58. The van der Waals surface area contributed by atoms with Crippen molar-refractivity contribution in [2.45, 2.75) is 6.92 Å². The number of hydrogen-bond donors (Lipinski definition) is 2. The molecule has 0 atom stereocenters. The van der Waals surface area contributed by atoms with Crippen molar-refractivity contribution in [1.82, 2.24) is 5.43 Å². The van der Waals surface area contributed by atoms with Crippen molar-refractivity contribution in [3.63, 3.8) is 0 Å². The van der Waals surface area contributed by atoms with E-state index in [0.29, 0.717) is 10.8 Å². The first-order valence-electron chi connectivity index (χ1n) is 5.44. The van der Waals surface area contributed by atoms with Gasteiger partial charge in [0, 0.05) is 5.02 Å². The minimum Gasteiger partial charge on any atom is -0.507 e. The summed E-state index contributed by atoms with van der Waals surface area (Å²) in [6, 6.07) is 7.73. The van der Waals surface area contributed by atoms with Crippen LogP contribution in [-0.2, 0) is 0 Å². The molecular weight excluding hydrogens is 268 g/mol. The summed E-state index contributed by atoms with van der Waals surface area (Å²) in [5.74, 6) is 0.545. The van der Waals surface area contributed by atoms with Crippen molar-refractivity contribution in [2.75, 3.05) is 0 Å². The van der Waals surface area contributed by atoms with Crippen LogP contribution in [0.4, 0.5) is 0 Å². The maximum atomic E-state index is 11.7. The topological polar surface area (TPSA) is 74.8 Å². The summed E-state index contributed by atoms with van der Waals surface area (Å²) < 4.78 is 5.24. The van der Waals surface area contributed by atoms with Crippen LogP contribution >= 0.6 is 11.6 Å². The first-order chi connectivity index (χ1) is 9.06. The molecule has 0 fully saturated rings. The monoisotopic (exact) mass is 278 g/mol. The molecule has 98 valence electrons. The van der Waals surface area contributed by atoms with Crippen molar-refractivity contribution in [2.24, 2.45) is 5.10 Å². The number of nitrogens with one attached hydrogen (secondary N) is 1. The number of hydrazone groups is 1. The highest BCUT2D eigenvalue weighted by atomic mass is 35.5. The lowest BCUT2D eigenvalue weighted by Crippen LogP contribution is -2.17. The number of hydrogen-bond acceptors (Lipinski definition) is 4. The SMILES string of the molecule is Cc1ccc(/C=N\NC(=O)c2ccc(Cl)cc2O)o1. The Hall–Kier alpha value is -2.27. The molecule has 1 aromatic heterocycles. The van der Waals surface area contributed by atoms with Gasteiger partial charge in [-0.2, -0.15) is 5.10 Å². The molecule has 0 saturated heterocycles. The zero-order valence-corrected chi connectivity index (χ0v) is 10.8. The van der Waals surface area contributed by atoms with Crippen LogP contribution in [0.2, 0.25) is 5.02 Å². The van der Waals surface area contributed by atoms with Crippen LogP contribution in [0.5, 0.6) is 5.75 Å². The number of benzene rings is 1. The Morgan fingerprint density at radius 2 is 2.21 bits per heavy atom. The smallest absolute Gasteiger partial charge is 0.275 e. The number of phenolic OH excluding ortho intramolecular Hbond substituents is 1. The number of phenols is 1. The molecule has 0 aliphatic carbocycles. The summed E-state index contributed by atoms with van der Waals surface area (Å²) in [5, 5.41) is 13.6. The predicted octanol–water partition coefficient (Wildman–Crippen LogP) is 2.71. The predicted molar refractivity (Wildman–Crippen MR) is 71.6 cm³/mol. The molecule has 0 spiro atoms. The zero-order chi connectivity index (χ0) is 13.8. The number of rotatable bonds is 3. The fourth-order valence-electron chi connectivity index (χ4n) is 1.43. The molecule has 0 bridgehead atoms. The van der Waals surface area contributed by atoms with Crippen molar-refractivity contribution < 1.29 is 14.3 Å². The van der Waals surface area contributed by atoms with Gasteiger partial charge in [-0.3, -0.25) is 4.79 Å². The van der Waals surface area contributed by atoms with E-state index < -0.39 is 5.91 Å². The van der Waals surface area contributed by atoms with Crippen LogP contribution in [-0.4, -0.2) is 17.2 Å². The van der Waals surface area contributed by atoms with Gasteiger partial charge in [-0.05, 0) is 37.3 Å². The Labute approximate surface area is 114 Å². The molecule has 0 saturated carbocycles. The average Bonchev–Trinajstić information content (AvgIpc) is 2.75. The molecular formula is C13H11ClN2O3. The first kappa shape index (κ1) is 13.2. The Balaban J connectivity index is 2.03. The molecule has 1 heterocycles. The van der Waals surface area contributed by atoms with Gasteiger partial charge < -0.3 is 9.52 Å². The highest BCUT2D eigenvalue weighted by Crippen LogP contribution is 2.21. The van der Waals surface area contributed by atoms with Gasteiger partial charge in [0.2, 0.25) is 0 Å². The number of aryl methyl sites for hydroxylation is 1. The molecule has 1 aromatic carbocycles. The number of aromatic hydroxyl groups is 1. The lowest BCUT2D eigenvalue weighted by atomic mass is 10.2. The van der Waals surface area contributed by atoms with Gasteiger partial charge in [-0.15, -0.1) is 0 Å². The van der Waals surface area contributed by atoms with Gasteiger partial charge in [-0.25, -0.2) is 5.43 Å². The van der Waals surface area contributed by atoms with E-state index in [1.54, 1.807) is 12.1 Å². The highest BCUT2D eigenvalue weighted by Gasteiger charge is 2.10. The van der Waals surface area contributed by atoms with Gasteiger partial charge in [0.05, 0.1) is 11.8 Å². The van der Waals surface area contributed by atoms with E-state index in [9.17, 15) is 9.90 Å². The second-order valence-corrected chi connectivity index (χ2v) is 4.25. The van der Waals surface area contributed by atoms with Gasteiger partial charge >= 0.3 is 0 Å². The standard InChI is InChI=1S/C13H11ClN2O3/c1-8-2-4-10(19-8)7-15-16-13(18)11-5-3-9(14)6-12(11)17/h2-7,17H,1H3,(H,16,18)/b15-7-. The summed E-state index contributed by atoms with van der Waals surface area (Å²) in [4.78, 5) is 11.7. The second-order valence-electron chi connectivity index (χ2n) is 3.81. The number of amides is 1. The van der Waals surface area contributed by atoms with E-state index in [-0.39, 0.29) is 11.3 Å². The lowest BCUT2D eigenvalue weighted by molar-refractivity contribution is 0.0952. The van der Waals surface area contributed by atoms with Crippen molar-refractivity contribution in [1.29, 1.82) is 0 Å². The molecule has 2 rings (SSSR count). The van der Waals surface area contributed by atoms with Gasteiger partial charge in [0.25, 0.3) is 5.91 Å². The molecule has 0 aliphatic heterocycles. The number of nitrogens with zero attached hydrogens (tertiary/aromatic N) is 1. The molecule has 0 unspecified atom stereocenters. The third-order valence-electron chi connectivity index (χ3n) is 2.32. The number of furan rings is 1. The van der Waals surface area contributed by atoms with E-state index >= 15 is 0 Å². The van der Waals surface area contributed by atoms with Crippen molar-refractivity contribution in [3.05, 3.63) is 52.4 Å². The Morgan fingerprint density at radius 3 is 2.84 bits per heavy atom. The lowest BCUT2D eigenvalue weighted by Gasteiger charge is -2.02. The third-order valence-corrected chi connectivity index (χ3v) is 2.56. The van der Waals surface area contributed by atoms with Crippen LogP contribution in [0.3, 0.4) is 0 Å². The van der Waals surface area contributed by atoms with Crippen LogP contribution in [0.25, 0.3) is 0 Å². The Bertz CT molecular complexity index is 635.